The van der Waals surface area contributed by atoms with Crippen LogP contribution in [0.15, 0.2) is 48.5 Å². The zero-order valence-corrected chi connectivity index (χ0v) is 16.1. The Morgan fingerprint density at radius 3 is 1.93 bits per heavy atom. The number of amides is 2. The van der Waals surface area contributed by atoms with Crippen molar-refractivity contribution in [3.63, 3.8) is 0 Å². The van der Waals surface area contributed by atoms with E-state index >= 15 is 0 Å². The highest BCUT2D eigenvalue weighted by atomic mass is 19.4. The van der Waals surface area contributed by atoms with Crippen LogP contribution in [0.1, 0.15) is 44.7 Å². The lowest BCUT2D eigenvalue weighted by Gasteiger charge is -2.24. The summed E-state index contributed by atoms with van der Waals surface area (Å²) >= 11 is 0. The fourth-order valence-electron chi connectivity index (χ4n) is 2.46. The number of para-hydroxylation sites is 1. The molecule has 0 heterocycles. The summed E-state index contributed by atoms with van der Waals surface area (Å²) < 4.78 is 39.3. The van der Waals surface area contributed by atoms with Crippen LogP contribution in [0.2, 0.25) is 0 Å². The Balaban J connectivity index is 2.15. The SMILES string of the molecule is CC(C)c1ccc(NC(=O)C(C)(C)C(=O)Nc2ccccc2C(F)(F)F)cc1. The van der Waals surface area contributed by atoms with E-state index in [0.717, 1.165) is 17.7 Å². The number of anilines is 2. The quantitative estimate of drug-likeness (QED) is 0.667. The van der Waals surface area contributed by atoms with Crippen LogP contribution in [0.25, 0.3) is 0 Å². The van der Waals surface area contributed by atoms with E-state index in [0.29, 0.717) is 11.6 Å². The molecule has 0 saturated carbocycles. The Kier molecular flexibility index (Phi) is 6.17. The van der Waals surface area contributed by atoms with Gasteiger partial charge in [0.1, 0.15) is 5.41 Å². The average molecular weight is 392 g/mol. The standard InChI is InChI=1S/C21H23F3N2O2/c1-13(2)14-9-11-15(12-10-14)25-18(27)20(3,4)19(28)26-17-8-6-5-7-16(17)21(22,23)24/h5-13H,1-4H3,(H,25,27)(H,26,28). The molecule has 0 aliphatic rings. The van der Waals surface area contributed by atoms with Gasteiger partial charge < -0.3 is 10.6 Å². The second-order valence-corrected chi connectivity index (χ2v) is 7.35. The van der Waals surface area contributed by atoms with E-state index in [1.165, 1.54) is 26.0 Å². The number of carbonyl (C=O) groups is 2. The molecule has 0 saturated heterocycles. The third kappa shape index (κ3) is 4.91. The van der Waals surface area contributed by atoms with Gasteiger partial charge in [-0.25, -0.2) is 0 Å². The lowest BCUT2D eigenvalue weighted by Crippen LogP contribution is -2.41. The van der Waals surface area contributed by atoms with Crippen molar-refractivity contribution in [2.45, 2.75) is 39.8 Å². The summed E-state index contributed by atoms with van der Waals surface area (Å²) in [6.45, 7) is 6.80. The number of benzene rings is 2. The van der Waals surface area contributed by atoms with Gasteiger partial charge in [0.2, 0.25) is 11.8 Å². The summed E-state index contributed by atoms with van der Waals surface area (Å²) in [6, 6.07) is 11.8. The minimum absolute atomic E-state index is 0.334. The summed E-state index contributed by atoms with van der Waals surface area (Å²) in [6.07, 6.45) is -4.62. The van der Waals surface area contributed by atoms with Gasteiger partial charge >= 0.3 is 6.18 Å². The summed E-state index contributed by atoms with van der Waals surface area (Å²) in [5.41, 5.74) is -1.34. The second-order valence-electron chi connectivity index (χ2n) is 7.35. The molecule has 2 rings (SSSR count). The van der Waals surface area contributed by atoms with Crippen molar-refractivity contribution >= 4 is 23.2 Å². The highest BCUT2D eigenvalue weighted by Crippen LogP contribution is 2.35. The zero-order chi connectivity index (χ0) is 21.1. The molecular formula is C21H23F3N2O2. The maximum absolute atomic E-state index is 13.1. The van der Waals surface area contributed by atoms with E-state index in [2.05, 4.69) is 10.6 Å². The average Bonchev–Trinajstić information content (AvgIpc) is 2.61. The molecule has 0 atom stereocenters. The van der Waals surface area contributed by atoms with E-state index in [1.807, 2.05) is 26.0 Å². The van der Waals surface area contributed by atoms with Crippen molar-refractivity contribution in [2.75, 3.05) is 10.6 Å². The first-order valence-electron chi connectivity index (χ1n) is 8.82. The van der Waals surface area contributed by atoms with Gasteiger partial charge in [0.05, 0.1) is 11.3 Å². The molecule has 28 heavy (non-hydrogen) atoms. The zero-order valence-electron chi connectivity index (χ0n) is 16.1. The van der Waals surface area contributed by atoms with Crippen molar-refractivity contribution in [3.05, 3.63) is 59.7 Å². The second kappa shape index (κ2) is 8.04. The molecular weight excluding hydrogens is 369 g/mol. The number of hydrogen-bond donors (Lipinski definition) is 2. The van der Waals surface area contributed by atoms with E-state index in [9.17, 15) is 22.8 Å². The number of hydrogen-bond acceptors (Lipinski definition) is 2. The third-order valence-corrected chi connectivity index (χ3v) is 4.45. The molecule has 0 aliphatic heterocycles. The minimum Gasteiger partial charge on any atom is -0.325 e. The number of halogens is 3. The van der Waals surface area contributed by atoms with E-state index in [1.54, 1.807) is 12.1 Å². The topological polar surface area (TPSA) is 58.2 Å². The van der Waals surface area contributed by atoms with Crippen LogP contribution >= 0.6 is 0 Å². The van der Waals surface area contributed by atoms with Gasteiger partial charge in [-0.15, -0.1) is 0 Å². The molecule has 4 nitrogen and oxygen atoms in total. The van der Waals surface area contributed by atoms with Crippen LogP contribution in [0, 0.1) is 5.41 Å². The monoisotopic (exact) mass is 392 g/mol. The summed E-state index contributed by atoms with van der Waals surface area (Å²) in [5.74, 6) is -1.12. The van der Waals surface area contributed by atoms with Crippen molar-refractivity contribution in [2.24, 2.45) is 5.41 Å². The first-order valence-corrected chi connectivity index (χ1v) is 8.82. The Morgan fingerprint density at radius 1 is 0.857 bits per heavy atom. The predicted octanol–water partition coefficient (Wildman–Crippen LogP) is 5.43. The van der Waals surface area contributed by atoms with Gasteiger partial charge in [-0.2, -0.15) is 13.2 Å². The number of alkyl halides is 3. The first-order chi connectivity index (χ1) is 12.9. The molecule has 0 radical (unpaired) electrons. The predicted molar refractivity (Wildman–Crippen MR) is 103 cm³/mol. The molecule has 0 aromatic heterocycles. The molecule has 2 aromatic rings. The Bertz CT molecular complexity index is 857. The van der Waals surface area contributed by atoms with E-state index < -0.39 is 29.0 Å². The first kappa shape index (κ1) is 21.5. The van der Waals surface area contributed by atoms with Crippen molar-refractivity contribution < 1.29 is 22.8 Å². The maximum atomic E-state index is 13.1. The number of rotatable bonds is 5. The van der Waals surface area contributed by atoms with E-state index in [-0.39, 0.29) is 5.69 Å². The lowest BCUT2D eigenvalue weighted by molar-refractivity contribution is -0.137. The van der Waals surface area contributed by atoms with Gasteiger partial charge in [-0.1, -0.05) is 38.1 Å². The van der Waals surface area contributed by atoms with Gasteiger partial charge in [0.25, 0.3) is 0 Å². The molecule has 0 aliphatic carbocycles. The summed E-state index contributed by atoms with van der Waals surface area (Å²) in [7, 11) is 0. The fourth-order valence-corrected chi connectivity index (χ4v) is 2.46. The van der Waals surface area contributed by atoms with Crippen LogP contribution in [-0.2, 0) is 15.8 Å². The highest BCUT2D eigenvalue weighted by Gasteiger charge is 2.39. The molecule has 0 fully saturated rings. The number of carbonyl (C=O) groups excluding carboxylic acids is 2. The van der Waals surface area contributed by atoms with Crippen LogP contribution in [0.5, 0.6) is 0 Å². The Morgan fingerprint density at radius 2 is 1.39 bits per heavy atom. The molecule has 150 valence electrons. The molecule has 2 N–H and O–H groups in total. The Labute approximate surface area is 162 Å². The van der Waals surface area contributed by atoms with Gasteiger partial charge in [0, 0.05) is 5.69 Å². The molecule has 0 bridgehead atoms. The van der Waals surface area contributed by atoms with Crippen molar-refractivity contribution in [1.82, 2.24) is 0 Å². The molecule has 0 spiro atoms. The summed E-state index contributed by atoms with van der Waals surface area (Å²) in [5, 5.41) is 4.87. The molecule has 0 unspecified atom stereocenters. The van der Waals surface area contributed by atoms with Gasteiger partial charge in [0.15, 0.2) is 0 Å². The third-order valence-electron chi connectivity index (χ3n) is 4.45. The molecule has 2 amide bonds. The highest BCUT2D eigenvalue weighted by molar-refractivity contribution is 6.14. The van der Waals surface area contributed by atoms with Crippen molar-refractivity contribution in [3.8, 4) is 0 Å². The minimum atomic E-state index is -4.62. The van der Waals surface area contributed by atoms with E-state index in [4.69, 9.17) is 0 Å². The van der Waals surface area contributed by atoms with Gasteiger partial charge in [-0.3, -0.25) is 9.59 Å². The molecule has 7 heteroatoms. The normalized spacial score (nSPS) is 12.0. The summed E-state index contributed by atoms with van der Waals surface area (Å²) in [4.78, 5) is 25.1. The fraction of sp³-hybridized carbons (Fsp3) is 0.333. The van der Waals surface area contributed by atoms with Crippen molar-refractivity contribution in [1.29, 1.82) is 0 Å². The lowest BCUT2D eigenvalue weighted by atomic mass is 9.90. The maximum Gasteiger partial charge on any atom is 0.418 e. The van der Waals surface area contributed by atoms with Crippen LogP contribution in [-0.4, -0.2) is 11.8 Å². The number of nitrogens with one attached hydrogen (secondary N) is 2. The largest absolute Gasteiger partial charge is 0.418 e. The van der Waals surface area contributed by atoms with Crippen LogP contribution in [0.3, 0.4) is 0 Å². The van der Waals surface area contributed by atoms with Crippen LogP contribution in [0.4, 0.5) is 24.5 Å². The Hall–Kier alpha value is -2.83. The smallest absolute Gasteiger partial charge is 0.325 e. The van der Waals surface area contributed by atoms with Gasteiger partial charge in [-0.05, 0) is 49.6 Å². The molecule has 2 aromatic carbocycles. The van der Waals surface area contributed by atoms with Crippen LogP contribution < -0.4 is 10.6 Å².